The fraction of sp³-hybridized carbons (Fsp3) is 0.688. The molecule has 1 aliphatic rings. The van der Waals surface area contributed by atoms with E-state index in [1.165, 1.54) is 17.2 Å². The van der Waals surface area contributed by atoms with Crippen LogP contribution in [0.2, 0.25) is 0 Å². The zero-order valence-electron chi connectivity index (χ0n) is 15.8. The lowest BCUT2D eigenvalue weighted by Gasteiger charge is -2.16. The third kappa shape index (κ3) is 5.23. The van der Waals surface area contributed by atoms with Crippen LogP contribution in [-0.4, -0.2) is 67.8 Å². The topological polar surface area (TPSA) is 181 Å². The van der Waals surface area contributed by atoms with Crippen molar-refractivity contribution in [2.45, 2.75) is 50.2 Å². The van der Waals surface area contributed by atoms with E-state index in [2.05, 4.69) is 15.0 Å². The zero-order chi connectivity index (χ0) is 20.8. The van der Waals surface area contributed by atoms with E-state index in [9.17, 15) is 14.8 Å². The maximum Gasteiger partial charge on any atom is 0.697 e. The summed E-state index contributed by atoms with van der Waals surface area (Å²) in [5.41, 5.74) is 11.9. The molecule has 0 saturated carbocycles. The van der Waals surface area contributed by atoms with Crippen LogP contribution in [0, 0.1) is 0 Å². The predicted octanol–water partition coefficient (Wildman–Crippen LogP) is 0.237. The van der Waals surface area contributed by atoms with Crippen molar-refractivity contribution in [2.75, 3.05) is 25.5 Å². The highest BCUT2D eigenvalue weighted by atomic mass is 31.1. The normalized spacial score (nSPS) is 25.0. The van der Waals surface area contributed by atoms with Gasteiger partial charge in [0, 0.05) is 4.57 Å². The van der Waals surface area contributed by atoms with Gasteiger partial charge in [0.2, 0.25) is 0 Å². The van der Waals surface area contributed by atoms with Crippen molar-refractivity contribution in [3.63, 3.8) is 0 Å². The second-order valence-electron chi connectivity index (χ2n) is 6.68. The molecule has 1 fully saturated rings. The summed E-state index contributed by atoms with van der Waals surface area (Å²) in [6, 6.07) is 0. The first-order chi connectivity index (χ1) is 14.0. The standard InChI is InChI=1S/C16H26N6O6P/c17-5-3-1-2-4-6-26-29(25)27-7-10-12(23)13(24)16(28-10)22-9-21-11-14(18)19-8-20-15(11)22/h8-10,12-13,16,23-24H,1-7,17H2,(H2,18,19,20)/q+1/t10-,12-,13-,16-/m1/s1. The number of imidazole rings is 1. The van der Waals surface area contributed by atoms with E-state index in [0.29, 0.717) is 24.3 Å². The molecule has 0 aromatic carbocycles. The van der Waals surface area contributed by atoms with E-state index >= 15 is 0 Å². The Morgan fingerprint density at radius 1 is 1.14 bits per heavy atom. The Kier molecular flexibility index (Phi) is 7.78. The van der Waals surface area contributed by atoms with Crippen molar-refractivity contribution < 1.29 is 28.6 Å². The van der Waals surface area contributed by atoms with Crippen LogP contribution in [-0.2, 0) is 18.3 Å². The third-order valence-electron chi connectivity index (χ3n) is 4.64. The smallest absolute Gasteiger partial charge is 0.387 e. The van der Waals surface area contributed by atoms with Gasteiger partial charge in [-0.15, -0.1) is 9.05 Å². The molecule has 0 spiro atoms. The molecule has 0 bridgehead atoms. The molecule has 160 valence electrons. The summed E-state index contributed by atoms with van der Waals surface area (Å²) >= 11 is 0. The Hall–Kier alpha value is -1.79. The molecule has 13 heteroatoms. The Balaban J connectivity index is 1.50. The minimum atomic E-state index is -2.35. The number of ether oxygens (including phenoxy) is 1. The lowest BCUT2D eigenvalue weighted by molar-refractivity contribution is -0.0481. The summed E-state index contributed by atoms with van der Waals surface area (Å²) in [5.74, 6) is 0.193. The molecular weight excluding hydrogens is 403 g/mol. The highest BCUT2D eigenvalue weighted by Crippen LogP contribution is 2.34. The largest absolute Gasteiger partial charge is 0.697 e. The number of nitrogens with zero attached hydrogens (tertiary/aromatic N) is 4. The van der Waals surface area contributed by atoms with Gasteiger partial charge in [0.25, 0.3) is 0 Å². The fourth-order valence-electron chi connectivity index (χ4n) is 3.06. The summed E-state index contributed by atoms with van der Waals surface area (Å²) in [7, 11) is -2.35. The Bertz CT molecular complexity index is 822. The van der Waals surface area contributed by atoms with Crippen LogP contribution in [0.25, 0.3) is 11.2 Å². The van der Waals surface area contributed by atoms with Gasteiger partial charge in [0.15, 0.2) is 17.7 Å². The van der Waals surface area contributed by atoms with Crippen molar-refractivity contribution in [1.82, 2.24) is 19.5 Å². The molecule has 2 aromatic heterocycles. The summed E-state index contributed by atoms with van der Waals surface area (Å²) in [5, 5.41) is 20.6. The number of fused-ring (bicyclic) bond motifs is 1. The molecule has 0 amide bonds. The fourth-order valence-corrected chi connectivity index (χ4v) is 3.68. The molecule has 0 radical (unpaired) electrons. The second kappa shape index (κ2) is 10.3. The van der Waals surface area contributed by atoms with Gasteiger partial charge in [-0.05, 0) is 19.4 Å². The Labute approximate surface area is 168 Å². The van der Waals surface area contributed by atoms with Crippen molar-refractivity contribution in [1.29, 1.82) is 0 Å². The van der Waals surface area contributed by atoms with Gasteiger partial charge >= 0.3 is 8.25 Å². The Morgan fingerprint density at radius 2 is 1.93 bits per heavy atom. The van der Waals surface area contributed by atoms with Crippen LogP contribution < -0.4 is 11.5 Å². The molecule has 1 saturated heterocycles. The number of hydrogen-bond donors (Lipinski definition) is 4. The van der Waals surface area contributed by atoms with Gasteiger partial charge in [-0.25, -0.2) is 15.0 Å². The summed E-state index contributed by atoms with van der Waals surface area (Å²) in [4.78, 5) is 12.1. The SMILES string of the molecule is NCCCCCCO[P+](=O)OC[C@H]1O[C@@H](n2cnc3c(N)ncnc32)[C@H](O)[C@@H]1O. The second-order valence-corrected chi connectivity index (χ2v) is 7.65. The molecule has 6 N–H and O–H groups in total. The van der Waals surface area contributed by atoms with Crippen LogP contribution in [0.3, 0.4) is 0 Å². The Morgan fingerprint density at radius 3 is 2.72 bits per heavy atom. The average molecular weight is 429 g/mol. The number of aromatic nitrogens is 4. The van der Waals surface area contributed by atoms with Gasteiger partial charge < -0.3 is 26.4 Å². The van der Waals surface area contributed by atoms with Crippen LogP contribution >= 0.6 is 8.25 Å². The minimum absolute atomic E-state index is 0.193. The first-order valence-electron chi connectivity index (χ1n) is 9.40. The number of aliphatic hydroxyl groups is 2. The lowest BCUT2D eigenvalue weighted by atomic mass is 10.1. The van der Waals surface area contributed by atoms with E-state index in [1.807, 2.05) is 0 Å². The highest BCUT2D eigenvalue weighted by Gasteiger charge is 2.45. The summed E-state index contributed by atoms with van der Waals surface area (Å²) in [6.45, 7) is 0.756. The number of nitrogen functional groups attached to an aromatic ring is 1. The van der Waals surface area contributed by atoms with Crippen molar-refractivity contribution >= 4 is 25.2 Å². The quantitative estimate of drug-likeness (QED) is 0.284. The van der Waals surface area contributed by atoms with Crippen LogP contribution in [0.15, 0.2) is 12.7 Å². The first-order valence-corrected chi connectivity index (χ1v) is 10.5. The van der Waals surface area contributed by atoms with Crippen LogP contribution in [0.1, 0.15) is 31.9 Å². The molecule has 12 nitrogen and oxygen atoms in total. The minimum Gasteiger partial charge on any atom is -0.387 e. The predicted molar refractivity (Wildman–Crippen MR) is 103 cm³/mol. The summed E-state index contributed by atoms with van der Waals surface area (Å²) < 4.78 is 29.3. The maximum absolute atomic E-state index is 11.8. The molecule has 2 aromatic rings. The van der Waals surface area contributed by atoms with Gasteiger partial charge in [0.05, 0.1) is 6.33 Å². The summed E-state index contributed by atoms with van der Waals surface area (Å²) in [6.07, 6.45) is 1.93. The number of anilines is 1. The van der Waals surface area contributed by atoms with Crippen molar-refractivity contribution in [2.24, 2.45) is 5.73 Å². The van der Waals surface area contributed by atoms with Crippen LogP contribution in [0.5, 0.6) is 0 Å². The van der Waals surface area contributed by atoms with E-state index in [1.54, 1.807) is 0 Å². The molecule has 1 unspecified atom stereocenters. The molecule has 0 aliphatic carbocycles. The van der Waals surface area contributed by atoms with E-state index in [4.69, 9.17) is 25.3 Å². The highest BCUT2D eigenvalue weighted by molar-refractivity contribution is 7.33. The number of aliphatic hydroxyl groups excluding tert-OH is 2. The molecule has 1 aliphatic heterocycles. The first kappa shape index (κ1) is 21.9. The van der Waals surface area contributed by atoms with Gasteiger partial charge in [-0.1, -0.05) is 12.8 Å². The van der Waals surface area contributed by atoms with Gasteiger partial charge in [-0.2, -0.15) is 0 Å². The van der Waals surface area contributed by atoms with E-state index in [-0.39, 0.29) is 12.4 Å². The van der Waals surface area contributed by atoms with Gasteiger partial charge in [-0.3, -0.25) is 4.57 Å². The van der Waals surface area contributed by atoms with Crippen molar-refractivity contribution in [3.8, 4) is 0 Å². The molecule has 3 heterocycles. The van der Waals surface area contributed by atoms with E-state index in [0.717, 1.165) is 25.7 Å². The number of hydrogen-bond acceptors (Lipinski definition) is 11. The van der Waals surface area contributed by atoms with Gasteiger partial charge in [0.1, 0.15) is 43.4 Å². The lowest BCUT2D eigenvalue weighted by Crippen LogP contribution is -2.33. The van der Waals surface area contributed by atoms with Crippen LogP contribution in [0.4, 0.5) is 5.82 Å². The average Bonchev–Trinajstić information content (AvgIpc) is 3.26. The maximum atomic E-state index is 11.8. The third-order valence-corrected chi connectivity index (χ3v) is 5.39. The van der Waals surface area contributed by atoms with E-state index < -0.39 is 32.8 Å². The number of rotatable bonds is 11. The molecule has 5 atom stereocenters. The molecule has 29 heavy (non-hydrogen) atoms. The number of unbranched alkanes of at least 4 members (excludes halogenated alkanes) is 3. The zero-order valence-corrected chi connectivity index (χ0v) is 16.7. The number of nitrogens with two attached hydrogens (primary N) is 2. The monoisotopic (exact) mass is 429 g/mol. The van der Waals surface area contributed by atoms with Crippen molar-refractivity contribution in [3.05, 3.63) is 12.7 Å². The molecule has 3 rings (SSSR count). The molecular formula is C16H26N6O6P+.